The number of carbonyl (C=O) groups excluding carboxylic acids is 2. The molecule has 17 heavy (non-hydrogen) atoms. The van der Waals surface area contributed by atoms with Crippen molar-refractivity contribution in [3.63, 3.8) is 0 Å². The molecule has 0 spiro atoms. The van der Waals surface area contributed by atoms with Gasteiger partial charge >= 0.3 is 5.97 Å². The Labute approximate surface area is 107 Å². The van der Waals surface area contributed by atoms with Crippen LogP contribution in [0.4, 0.5) is 0 Å². The Bertz CT molecular complexity index is 275. The summed E-state index contributed by atoms with van der Waals surface area (Å²) in [4.78, 5) is 23.5. The maximum atomic E-state index is 11.9. The van der Waals surface area contributed by atoms with E-state index in [-0.39, 0.29) is 17.8 Å². The zero-order valence-corrected chi connectivity index (χ0v) is 11.5. The Hall–Kier alpha value is -0.710. The molecular formula is C12H21NO3S. The van der Waals surface area contributed by atoms with Gasteiger partial charge in [-0.3, -0.25) is 4.79 Å². The lowest BCUT2D eigenvalue weighted by Crippen LogP contribution is -2.45. The standard InChI is InChI=1S/C12H21NO3S/c1-8(2)6-10(12(15)16-3)13-11(14)9-4-5-17-7-9/h8-10H,4-7H2,1-3H3,(H,13,14). The van der Waals surface area contributed by atoms with Gasteiger partial charge in [-0.05, 0) is 24.5 Å². The normalized spacial score (nSPS) is 21.3. The van der Waals surface area contributed by atoms with Crippen LogP contribution in [0.3, 0.4) is 0 Å². The molecule has 1 fully saturated rings. The zero-order valence-electron chi connectivity index (χ0n) is 10.7. The highest BCUT2D eigenvalue weighted by atomic mass is 32.2. The SMILES string of the molecule is COC(=O)C(CC(C)C)NC(=O)C1CCSC1. The lowest BCUT2D eigenvalue weighted by atomic mass is 10.0. The minimum absolute atomic E-state index is 0.00829. The van der Waals surface area contributed by atoms with Gasteiger partial charge in [-0.15, -0.1) is 0 Å². The summed E-state index contributed by atoms with van der Waals surface area (Å²) in [6.45, 7) is 4.04. The van der Waals surface area contributed by atoms with E-state index in [1.807, 2.05) is 13.8 Å². The van der Waals surface area contributed by atoms with Gasteiger partial charge in [0.2, 0.25) is 5.91 Å². The molecule has 0 aromatic rings. The highest BCUT2D eigenvalue weighted by Gasteiger charge is 2.28. The molecule has 1 N–H and O–H groups in total. The molecule has 1 aliphatic rings. The molecule has 4 nitrogen and oxygen atoms in total. The number of hydrogen-bond acceptors (Lipinski definition) is 4. The Morgan fingerprint density at radius 2 is 2.18 bits per heavy atom. The summed E-state index contributed by atoms with van der Waals surface area (Å²) < 4.78 is 4.72. The monoisotopic (exact) mass is 259 g/mol. The van der Waals surface area contributed by atoms with Crippen LogP contribution in [0.15, 0.2) is 0 Å². The molecule has 1 amide bonds. The van der Waals surface area contributed by atoms with E-state index < -0.39 is 6.04 Å². The van der Waals surface area contributed by atoms with Gasteiger partial charge < -0.3 is 10.1 Å². The van der Waals surface area contributed by atoms with Crippen LogP contribution >= 0.6 is 11.8 Å². The first kappa shape index (κ1) is 14.4. The van der Waals surface area contributed by atoms with Crippen LogP contribution in [-0.4, -0.2) is 36.5 Å². The quantitative estimate of drug-likeness (QED) is 0.759. The third kappa shape index (κ3) is 4.58. The van der Waals surface area contributed by atoms with E-state index in [1.165, 1.54) is 7.11 Å². The Morgan fingerprint density at radius 3 is 2.65 bits per heavy atom. The number of carbonyl (C=O) groups is 2. The minimum atomic E-state index is -0.502. The van der Waals surface area contributed by atoms with Gasteiger partial charge in [-0.25, -0.2) is 4.79 Å². The molecule has 1 heterocycles. The second kappa shape index (κ2) is 6.89. The van der Waals surface area contributed by atoms with Crippen molar-refractivity contribution in [1.29, 1.82) is 0 Å². The van der Waals surface area contributed by atoms with Crippen LogP contribution in [0.5, 0.6) is 0 Å². The zero-order chi connectivity index (χ0) is 12.8. The average Bonchev–Trinajstić information content (AvgIpc) is 2.79. The summed E-state index contributed by atoms with van der Waals surface area (Å²) in [5.41, 5.74) is 0. The van der Waals surface area contributed by atoms with Crippen molar-refractivity contribution in [3.8, 4) is 0 Å². The molecule has 0 radical (unpaired) electrons. The van der Waals surface area contributed by atoms with Crippen LogP contribution in [0.2, 0.25) is 0 Å². The van der Waals surface area contributed by atoms with Gasteiger partial charge in [0, 0.05) is 11.7 Å². The first-order chi connectivity index (χ1) is 8.04. The van der Waals surface area contributed by atoms with E-state index in [4.69, 9.17) is 4.74 Å². The topological polar surface area (TPSA) is 55.4 Å². The number of amides is 1. The lowest BCUT2D eigenvalue weighted by molar-refractivity contribution is -0.146. The number of nitrogens with one attached hydrogen (secondary N) is 1. The van der Waals surface area contributed by atoms with Crippen LogP contribution < -0.4 is 5.32 Å². The third-order valence-electron chi connectivity index (χ3n) is 2.81. The fourth-order valence-electron chi connectivity index (χ4n) is 1.86. The van der Waals surface area contributed by atoms with Crippen LogP contribution in [0.25, 0.3) is 0 Å². The summed E-state index contributed by atoms with van der Waals surface area (Å²) in [5.74, 6) is 1.94. The van der Waals surface area contributed by atoms with Crippen molar-refractivity contribution in [1.82, 2.24) is 5.32 Å². The van der Waals surface area contributed by atoms with Crippen molar-refractivity contribution in [2.24, 2.45) is 11.8 Å². The second-order valence-electron chi connectivity index (χ2n) is 4.77. The van der Waals surface area contributed by atoms with E-state index in [2.05, 4.69) is 5.32 Å². The smallest absolute Gasteiger partial charge is 0.328 e. The molecular weight excluding hydrogens is 238 g/mol. The minimum Gasteiger partial charge on any atom is -0.467 e. The van der Waals surface area contributed by atoms with Gasteiger partial charge in [0.1, 0.15) is 6.04 Å². The number of methoxy groups -OCH3 is 1. The Balaban J connectivity index is 2.52. The summed E-state index contributed by atoms with van der Waals surface area (Å²) >= 11 is 1.79. The van der Waals surface area contributed by atoms with Crippen molar-refractivity contribution in [2.45, 2.75) is 32.7 Å². The molecule has 1 aliphatic heterocycles. The number of ether oxygens (including phenoxy) is 1. The maximum Gasteiger partial charge on any atom is 0.328 e. The average molecular weight is 259 g/mol. The Kier molecular flexibility index (Phi) is 5.82. The predicted octanol–water partition coefficient (Wildman–Crippen LogP) is 1.44. The molecule has 0 saturated carbocycles. The van der Waals surface area contributed by atoms with Crippen molar-refractivity contribution in [3.05, 3.63) is 0 Å². The van der Waals surface area contributed by atoms with E-state index in [0.717, 1.165) is 17.9 Å². The largest absolute Gasteiger partial charge is 0.467 e. The molecule has 5 heteroatoms. The lowest BCUT2D eigenvalue weighted by Gasteiger charge is -2.20. The molecule has 0 bridgehead atoms. The second-order valence-corrected chi connectivity index (χ2v) is 5.92. The fraction of sp³-hybridized carbons (Fsp3) is 0.833. The van der Waals surface area contributed by atoms with E-state index in [1.54, 1.807) is 11.8 Å². The van der Waals surface area contributed by atoms with Gasteiger partial charge in [0.25, 0.3) is 0 Å². The van der Waals surface area contributed by atoms with E-state index >= 15 is 0 Å². The highest BCUT2D eigenvalue weighted by molar-refractivity contribution is 7.99. The molecule has 2 atom stereocenters. The molecule has 0 aromatic carbocycles. The molecule has 0 aliphatic carbocycles. The summed E-state index contributed by atoms with van der Waals surface area (Å²) in [5, 5.41) is 2.81. The molecule has 2 unspecified atom stereocenters. The summed E-state index contributed by atoms with van der Waals surface area (Å²) in [6.07, 6.45) is 1.53. The number of thioether (sulfide) groups is 1. The molecule has 98 valence electrons. The van der Waals surface area contributed by atoms with Crippen LogP contribution in [0.1, 0.15) is 26.7 Å². The van der Waals surface area contributed by atoms with Crippen LogP contribution in [-0.2, 0) is 14.3 Å². The van der Waals surface area contributed by atoms with Gasteiger partial charge in [0.05, 0.1) is 7.11 Å². The van der Waals surface area contributed by atoms with Crippen LogP contribution in [0, 0.1) is 11.8 Å². The van der Waals surface area contributed by atoms with Crippen molar-refractivity contribution >= 4 is 23.6 Å². The molecule has 1 rings (SSSR count). The number of hydrogen-bond donors (Lipinski definition) is 1. The predicted molar refractivity (Wildman–Crippen MR) is 68.8 cm³/mol. The Morgan fingerprint density at radius 1 is 1.47 bits per heavy atom. The third-order valence-corrected chi connectivity index (χ3v) is 3.97. The number of rotatable bonds is 5. The fourth-order valence-corrected chi connectivity index (χ4v) is 3.08. The van der Waals surface area contributed by atoms with E-state index in [0.29, 0.717) is 12.3 Å². The first-order valence-corrected chi connectivity index (χ1v) is 7.16. The number of esters is 1. The first-order valence-electron chi connectivity index (χ1n) is 6.00. The van der Waals surface area contributed by atoms with Gasteiger partial charge in [-0.1, -0.05) is 13.8 Å². The maximum absolute atomic E-state index is 11.9. The highest BCUT2D eigenvalue weighted by Crippen LogP contribution is 2.23. The van der Waals surface area contributed by atoms with E-state index in [9.17, 15) is 9.59 Å². The summed E-state index contributed by atoms with van der Waals surface area (Å²) in [7, 11) is 1.35. The molecule has 1 saturated heterocycles. The molecule has 0 aromatic heterocycles. The van der Waals surface area contributed by atoms with Gasteiger partial charge in [0.15, 0.2) is 0 Å². The van der Waals surface area contributed by atoms with Gasteiger partial charge in [-0.2, -0.15) is 11.8 Å². The summed E-state index contributed by atoms with van der Waals surface area (Å²) in [6, 6.07) is -0.502. The van der Waals surface area contributed by atoms with Crippen molar-refractivity contribution < 1.29 is 14.3 Å². The van der Waals surface area contributed by atoms with Crippen molar-refractivity contribution in [2.75, 3.05) is 18.6 Å².